The number of hydrogen-bond donors (Lipinski definition) is 3. The standard InChI is InChI=1S/C23H19N7OS/c24-19-12-16(22-27-29-30-28-22)8-9-18(19)23(31)25-17-6-1-3-14(11-17)7-10-21-26-20(13-32-21)15-4-2-5-15/h1,3,6,8-9,11-13,15H,2,4-5,24H2,(H,25,31)(H,27,28,29,30). The Hall–Kier alpha value is -4.03. The number of nitrogens with one attached hydrogen (secondary N) is 2. The fourth-order valence-electron chi connectivity index (χ4n) is 3.43. The highest BCUT2D eigenvalue weighted by molar-refractivity contribution is 7.10. The maximum Gasteiger partial charge on any atom is 0.257 e. The summed E-state index contributed by atoms with van der Waals surface area (Å²) in [6.45, 7) is 0. The number of tetrazole rings is 1. The van der Waals surface area contributed by atoms with Crippen LogP contribution in [0.25, 0.3) is 11.4 Å². The summed E-state index contributed by atoms with van der Waals surface area (Å²) in [7, 11) is 0. The number of carbonyl (C=O) groups excluding carboxylic acids is 1. The minimum absolute atomic E-state index is 0.308. The summed E-state index contributed by atoms with van der Waals surface area (Å²) in [5, 5.41) is 19.6. The Bertz CT molecular complexity index is 1330. The average molecular weight is 442 g/mol. The van der Waals surface area contributed by atoms with Crippen molar-refractivity contribution in [2.45, 2.75) is 25.2 Å². The van der Waals surface area contributed by atoms with Crippen molar-refractivity contribution in [1.82, 2.24) is 25.6 Å². The molecule has 8 nitrogen and oxygen atoms in total. The zero-order valence-electron chi connectivity index (χ0n) is 17.0. The Balaban J connectivity index is 1.29. The van der Waals surface area contributed by atoms with Crippen molar-refractivity contribution in [3.8, 4) is 23.2 Å². The fraction of sp³-hybridized carbons (Fsp3) is 0.174. The molecular weight excluding hydrogens is 422 g/mol. The van der Waals surface area contributed by atoms with E-state index in [1.54, 1.807) is 29.5 Å². The summed E-state index contributed by atoms with van der Waals surface area (Å²) in [6.07, 6.45) is 3.74. The van der Waals surface area contributed by atoms with Gasteiger partial charge in [-0.2, -0.15) is 5.21 Å². The van der Waals surface area contributed by atoms with Crippen LogP contribution in [0.3, 0.4) is 0 Å². The molecule has 158 valence electrons. The van der Waals surface area contributed by atoms with Crippen molar-refractivity contribution in [3.63, 3.8) is 0 Å². The van der Waals surface area contributed by atoms with Gasteiger partial charge in [0.1, 0.15) is 0 Å². The number of carbonyl (C=O) groups is 1. The molecule has 4 N–H and O–H groups in total. The van der Waals surface area contributed by atoms with Gasteiger partial charge in [0.2, 0.25) is 5.82 Å². The van der Waals surface area contributed by atoms with E-state index in [9.17, 15) is 4.79 Å². The number of amides is 1. The highest BCUT2D eigenvalue weighted by Gasteiger charge is 2.21. The zero-order chi connectivity index (χ0) is 21.9. The molecule has 0 radical (unpaired) electrons. The first-order valence-corrected chi connectivity index (χ1v) is 11.1. The number of anilines is 2. The van der Waals surface area contributed by atoms with Gasteiger partial charge < -0.3 is 11.1 Å². The molecule has 0 saturated heterocycles. The number of rotatable bonds is 4. The van der Waals surface area contributed by atoms with Crippen molar-refractivity contribution >= 4 is 28.6 Å². The highest BCUT2D eigenvalue weighted by atomic mass is 32.1. The maximum absolute atomic E-state index is 12.7. The van der Waals surface area contributed by atoms with Gasteiger partial charge in [0.25, 0.3) is 5.91 Å². The molecule has 0 bridgehead atoms. The molecular formula is C23H19N7OS. The third-order valence-electron chi connectivity index (χ3n) is 5.38. The van der Waals surface area contributed by atoms with Crippen LogP contribution in [-0.4, -0.2) is 31.5 Å². The van der Waals surface area contributed by atoms with Gasteiger partial charge in [-0.3, -0.25) is 4.79 Å². The largest absolute Gasteiger partial charge is 0.398 e. The van der Waals surface area contributed by atoms with E-state index in [1.165, 1.54) is 19.3 Å². The number of nitrogen functional groups attached to an aromatic ring is 1. The van der Waals surface area contributed by atoms with Crippen LogP contribution in [0, 0.1) is 11.8 Å². The number of benzene rings is 2. The molecule has 0 unspecified atom stereocenters. The number of nitrogens with two attached hydrogens (primary N) is 1. The SMILES string of the molecule is Nc1cc(-c2nn[nH]n2)ccc1C(=O)Nc1cccc(C#Cc2nc(C3CCC3)cs2)c1. The highest BCUT2D eigenvalue weighted by Crippen LogP contribution is 2.36. The molecule has 9 heteroatoms. The maximum atomic E-state index is 12.7. The van der Waals surface area contributed by atoms with E-state index in [0.717, 1.165) is 16.3 Å². The van der Waals surface area contributed by atoms with Crippen LogP contribution in [0.4, 0.5) is 11.4 Å². The predicted molar refractivity (Wildman–Crippen MR) is 123 cm³/mol. The van der Waals surface area contributed by atoms with E-state index in [4.69, 9.17) is 5.73 Å². The van der Waals surface area contributed by atoms with Gasteiger partial charge in [0.05, 0.1) is 11.3 Å². The molecule has 1 amide bonds. The van der Waals surface area contributed by atoms with Gasteiger partial charge in [-0.1, -0.05) is 24.5 Å². The van der Waals surface area contributed by atoms with Gasteiger partial charge >= 0.3 is 0 Å². The lowest BCUT2D eigenvalue weighted by Crippen LogP contribution is -2.14. The van der Waals surface area contributed by atoms with Crippen LogP contribution < -0.4 is 11.1 Å². The van der Waals surface area contributed by atoms with Crippen molar-refractivity contribution in [2.75, 3.05) is 11.1 Å². The third-order valence-corrected chi connectivity index (χ3v) is 6.16. The van der Waals surface area contributed by atoms with Crippen LogP contribution in [0.5, 0.6) is 0 Å². The Morgan fingerprint density at radius 3 is 2.84 bits per heavy atom. The molecule has 2 aromatic carbocycles. The molecule has 1 saturated carbocycles. The third kappa shape index (κ3) is 4.22. The molecule has 2 heterocycles. The quantitative estimate of drug-likeness (QED) is 0.327. The molecule has 1 aliphatic carbocycles. The van der Waals surface area contributed by atoms with E-state index in [-0.39, 0.29) is 5.91 Å². The first kappa shape index (κ1) is 19.9. The molecule has 0 aliphatic heterocycles. The number of nitrogens with zero attached hydrogens (tertiary/aromatic N) is 4. The second-order valence-corrected chi connectivity index (χ2v) is 8.39. The first-order valence-electron chi connectivity index (χ1n) is 10.2. The summed E-state index contributed by atoms with van der Waals surface area (Å²) in [5.74, 6) is 6.98. The molecule has 2 aromatic heterocycles. The summed E-state index contributed by atoms with van der Waals surface area (Å²) in [6, 6.07) is 12.4. The van der Waals surface area contributed by atoms with E-state index in [2.05, 4.69) is 48.1 Å². The van der Waals surface area contributed by atoms with Gasteiger partial charge in [0, 0.05) is 33.8 Å². The Morgan fingerprint density at radius 1 is 1.19 bits per heavy atom. The number of thiazole rings is 1. The zero-order valence-corrected chi connectivity index (χ0v) is 17.8. The minimum atomic E-state index is -0.308. The summed E-state index contributed by atoms with van der Waals surface area (Å²) in [5.41, 5.74) is 10.0. The smallest absolute Gasteiger partial charge is 0.257 e. The molecule has 1 fully saturated rings. The lowest BCUT2D eigenvalue weighted by molar-refractivity contribution is 0.102. The average Bonchev–Trinajstić information content (AvgIpc) is 3.44. The predicted octanol–water partition coefficient (Wildman–Crippen LogP) is 3.83. The first-order chi connectivity index (χ1) is 15.7. The minimum Gasteiger partial charge on any atom is -0.398 e. The van der Waals surface area contributed by atoms with Gasteiger partial charge in [-0.15, -0.1) is 21.5 Å². The van der Waals surface area contributed by atoms with Crippen LogP contribution in [0.15, 0.2) is 47.8 Å². The number of aromatic amines is 1. The second kappa shape index (κ2) is 8.61. The van der Waals surface area contributed by atoms with E-state index >= 15 is 0 Å². The van der Waals surface area contributed by atoms with Crippen molar-refractivity contribution in [2.24, 2.45) is 0 Å². The van der Waals surface area contributed by atoms with Crippen molar-refractivity contribution in [1.29, 1.82) is 0 Å². The summed E-state index contributed by atoms with van der Waals surface area (Å²) >= 11 is 1.58. The van der Waals surface area contributed by atoms with Gasteiger partial charge in [-0.25, -0.2) is 4.98 Å². The molecule has 0 atom stereocenters. The monoisotopic (exact) mass is 441 g/mol. The van der Waals surface area contributed by atoms with Crippen LogP contribution >= 0.6 is 11.3 Å². The Labute approximate surface area is 188 Å². The van der Waals surface area contributed by atoms with Crippen molar-refractivity contribution < 1.29 is 4.79 Å². The number of aromatic nitrogens is 5. The summed E-state index contributed by atoms with van der Waals surface area (Å²) < 4.78 is 0. The van der Waals surface area contributed by atoms with E-state index in [0.29, 0.717) is 34.2 Å². The molecule has 0 spiro atoms. The second-order valence-electron chi connectivity index (χ2n) is 7.53. The normalized spacial score (nSPS) is 13.1. The van der Waals surface area contributed by atoms with Gasteiger partial charge in [-0.05, 0) is 54.3 Å². The van der Waals surface area contributed by atoms with Gasteiger partial charge in [0.15, 0.2) is 5.01 Å². The topological polar surface area (TPSA) is 122 Å². The fourth-order valence-corrected chi connectivity index (χ4v) is 4.17. The van der Waals surface area contributed by atoms with Crippen LogP contribution in [0.1, 0.15) is 51.8 Å². The molecule has 32 heavy (non-hydrogen) atoms. The van der Waals surface area contributed by atoms with Crippen molar-refractivity contribution in [3.05, 3.63) is 69.7 Å². The molecule has 1 aliphatic rings. The lowest BCUT2D eigenvalue weighted by Gasteiger charge is -2.22. The van der Waals surface area contributed by atoms with Crippen LogP contribution in [-0.2, 0) is 0 Å². The van der Waals surface area contributed by atoms with Crippen LogP contribution in [0.2, 0.25) is 0 Å². The number of H-pyrrole nitrogens is 1. The summed E-state index contributed by atoms with van der Waals surface area (Å²) in [4.78, 5) is 17.4. The molecule has 5 rings (SSSR count). The van der Waals surface area contributed by atoms with E-state index < -0.39 is 0 Å². The number of hydrogen-bond acceptors (Lipinski definition) is 7. The Morgan fingerprint density at radius 2 is 2.09 bits per heavy atom. The lowest BCUT2D eigenvalue weighted by atomic mass is 9.83. The Kier molecular flexibility index (Phi) is 5.35. The van der Waals surface area contributed by atoms with E-state index in [1.807, 2.05) is 24.3 Å². The molecule has 4 aromatic rings.